The number of fused-ring (bicyclic) bond motifs is 1. The Kier molecular flexibility index (Phi) is 4.48. The quantitative estimate of drug-likeness (QED) is 0.491. The molecule has 4 heterocycles. The highest BCUT2D eigenvalue weighted by Crippen LogP contribution is 2.36. The molecule has 1 atom stereocenters. The molecule has 0 spiro atoms. The van der Waals surface area contributed by atoms with Crippen molar-refractivity contribution in [3.8, 4) is 11.1 Å². The van der Waals surface area contributed by atoms with Crippen molar-refractivity contribution in [2.75, 3.05) is 13.2 Å². The number of nitrogens with zero attached hydrogens (tertiary/aromatic N) is 3. The summed E-state index contributed by atoms with van der Waals surface area (Å²) in [7, 11) is -3.72. The SMILES string of the molecule is Cc1noc(C)c1-c1cnc2c(c1)c(S(=O)(=O)c1ccccc1)cn2C1CCOC1. The van der Waals surface area contributed by atoms with E-state index >= 15 is 0 Å². The molecule has 1 fully saturated rings. The van der Waals surface area contributed by atoms with Crippen molar-refractivity contribution in [3.63, 3.8) is 0 Å². The molecule has 0 bridgehead atoms. The summed E-state index contributed by atoms with van der Waals surface area (Å²) in [5.74, 6) is 0.671. The monoisotopic (exact) mass is 423 g/mol. The first-order valence-corrected chi connectivity index (χ1v) is 11.3. The lowest BCUT2D eigenvalue weighted by atomic mass is 10.1. The van der Waals surface area contributed by atoms with Crippen LogP contribution in [-0.4, -0.2) is 36.3 Å². The van der Waals surface area contributed by atoms with Crippen molar-refractivity contribution in [3.05, 3.63) is 60.2 Å². The van der Waals surface area contributed by atoms with E-state index in [2.05, 4.69) is 10.1 Å². The van der Waals surface area contributed by atoms with Crippen molar-refractivity contribution < 1.29 is 17.7 Å². The zero-order chi connectivity index (χ0) is 20.9. The van der Waals surface area contributed by atoms with Gasteiger partial charge in [-0.05, 0) is 38.5 Å². The Labute approximate surface area is 174 Å². The molecular weight excluding hydrogens is 402 g/mol. The second-order valence-corrected chi connectivity index (χ2v) is 9.45. The Morgan fingerprint density at radius 3 is 2.63 bits per heavy atom. The predicted octanol–water partition coefficient (Wildman–Crippen LogP) is 4.10. The fourth-order valence-electron chi connectivity index (χ4n) is 4.09. The molecule has 30 heavy (non-hydrogen) atoms. The van der Waals surface area contributed by atoms with Gasteiger partial charge in [-0.3, -0.25) is 0 Å². The summed E-state index contributed by atoms with van der Waals surface area (Å²) in [6.07, 6.45) is 4.28. The smallest absolute Gasteiger partial charge is 0.208 e. The molecule has 3 aromatic heterocycles. The van der Waals surface area contributed by atoms with Crippen LogP contribution in [0.15, 0.2) is 63.1 Å². The molecule has 0 N–H and O–H groups in total. The number of hydrogen-bond donors (Lipinski definition) is 0. The van der Waals surface area contributed by atoms with Crippen LogP contribution < -0.4 is 0 Å². The minimum absolute atomic E-state index is 0.0598. The second kappa shape index (κ2) is 7.07. The summed E-state index contributed by atoms with van der Waals surface area (Å²) in [6.45, 7) is 4.89. The van der Waals surface area contributed by atoms with Crippen molar-refractivity contribution >= 4 is 20.9 Å². The van der Waals surface area contributed by atoms with Gasteiger partial charge < -0.3 is 13.8 Å². The summed E-state index contributed by atoms with van der Waals surface area (Å²) in [4.78, 5) is 5.17. The van der Waals surface area contributed by atoms with Gasteiger partial charge in [0.2, 0.25) is 9.84 Å². The maximum Gasteiger partial charge on any atom is 0.208 e. The zero-order valence-corrected chi connectivity index (χ0v) is 17.5. The van der Waals surface area contributed by atoms with Crippen molar-refractivity contribution in [2.45, 2.75) is 36.1 Å². The van der Waals surface area contributed by atoms with E-state index in [1.165, 1.54) is 0 Å². The van der Waals surface area contributed by atoms with Gasteiger partial charge in [0.1, 0.15) is 11.4 Å². The normalized spacial score (nSPS) is 17.1. The highest BCUT2D eigenvalue weighted by molar-refractivity contribution is 7.91. The number of sulfone groups is 1. The summed E-state index contributed by atoms with van der Waals surface area (Å²) in [6, 6.07) is 10.4. The van der Waals surface area contributed by atoms with E-state index < -0.39 is 9.84 Å². The van der Waals surface area contributed by atoms with Crippen LogP contribution in [0.2, 0.25) is 0 Å². The van der Waals surface area contributed by atoms with E-state index in [-0.39, 0.29) is 15.8 Å². The first-order valence-electron chi connectivity index (χ1n) is 9.78. The maximum atomic E-state index is 13.5. The molecule has 4 aromatic rings. The number of ether oxygens (including phenoxy) is 1. The Bertz CT molecular complexity index is 1310. The Morgan fingerprint density at radius 1 is 1.17 bits per heavy atom. The van der Waals surface area contributed by atoms with Crippen LogP contribution in [0.4, 0.5) is 0 Å². The fourth-order valence-corrected chi connectivity index (χ4v) is 5.56. The molecule has 7 nitrogen and oxygen atoms in total. The lowest BCUT2D eigenvalue weighted by molar-refractivity contribution is 0.187. The maximum absolute atomic E-state index is 13.5. The third-order valence-corrected chi connectivity index (χ3v) is 7.39. The second-order valence-electron chi connectivity index (χ2n) is 7.53. The minimum atomic E-state index is -3.72. The zero-order valence-electron chi connectivity index (χ0n) is 16.7. The molecule has 0 radical (unpaired) electrons. The van der Waals surface area contributed by atoms with E-state index in [1.54, 1.807) is 42.7 Å². The van der Waals surface area contributed by atoms with Crippen molar-refractivity contribution in [2.24, 2.45) is 0 Å². The molecule has 154 valence electrons. The fraction of sp³-hybridized carbons (Fsp3) is 0.273. The van der Waals surface area contributed by atoms with E-state index in [0.29, 0.717) is 30.0 Å². The predicted molar refractivity (Wildman–Crippen MR) is 111 cm³/mol. The summed E-state index contributed by atoms with van der Waals surface area (Å²) in [5, 5.41) is 4.60. The molecule has 1 saturated heterocycles. The van der Waals surface area contributed by atoms with Crippen LogP contribution in [0.25, 0.3) is 22.2 Å². The van der Waals surface area contributed by atoms with Gasteiger partial charge in [-0.15, -0.1) is 0 Å². The molecule has 1 aliphatic heterocycles. The number of rotatable bonds is 4. The van der Waals surface area contributed by atoms with Crippen LogP contribution >= 0.6 is 0 Å². The molecule has 0 aliphatic carbocycles. The van der Waals surface area contributed by atoms with E-state index in [4.69, 9.17) is 9.26 Å². The van der Waals surface area contributed by atoms with Crippen LogP contribution in [0, 0.1) is 13.8 Å². The van der Waals surface area contributed by atoms with Gasteiger partial charge >= 0.3 is 0 Å². The number of hydrogen-bond acceptors (Lipinski definition) is 6. The summed E-state index contributed by atoms with van der Waals surface area (Å²) < 4.78 is 39.8. The third kappa shape index (κ3) is 2.95. The average molecular weight is 423 g/mol. The molecule has 8 heteroatoms. The van der Waals surface area contributed by atoms with E-state index in [0.717, 1.165) is 23.2 Å². The molecule has 1 aliphatic rings. The summed E-state index contributed by atoms with van der Waals surface area (Å²) >= 11 is 0. The highest BCUT2D eigenvalue weighted by Gasteiger charge is 2.28. The molecule has 1 unspecified atom stereocenters. The van der Waals surface area contributed by atoms with Crippen LogP contribution in [0.3, 0.4) is 0 Å². The molecule has 0 saturated carbocycles. The number of aryl methyl sites for hydroxylation is 2. The van der Waals surface area contributed by atoms with Crippen LogP contribution in [0.5, 0.6) is 0 Å². The van der Waals surface area contributed by atoms with Gasteiger partial charge in [0.25, 0.3) is 0 Å². The Hall–Kier alpha value is -2.97. The molecule has 0 amide bonds. The first-order chi connectivity index (χ1) is 14.5. The van der Waals surface area contributed by atoms with Gasteiger partial charge in [0.05, 0.1) is 28.1 Å². The Balaban J connectivity index is 1.77. The van der Waals surface area contributed by atoms with Crippen molar-refractivity contribution in [1.82, 2.24) is 14.7 Å². The minimum Gasteiger partial charge on any atom is -0.379 e. The number of benzene rings is 1. The average Bonchev–Trinajstić information content (AvgIpc) is 3.47. The van der Waals surface area contributed by atoms with Crippen molar-refractivity contribution in [1.29, 1.82) is 0 Å². The van der Waals surface area contributed by atoms with Crippen LogP contribution in [0.1, 0.15) is 23.9 Å². The first kappa shape index (κ1) is 19.0. The highest BCUT2D eigenvalue weighted by atomic mass is 32.2. The molecule has 5 rings (SSSR count). The Morgan fingerprint density at radius 2 is 1.97 bits per heavy atom. The molecule has 1 aromatic carbocycles. The number of pyridine rings is 1. The topological polar surface area (TPSA) is 87.2 Å². The lowest BCUT2D eigenvalue weighted by Crippen LogP contribution is -2.08. The largest absolute Gasteiger partial charge is 0.379 e. The lowest BCUT2D eigenvalue weighted by Gasteiger charge is -2.11. The molecular formula is C22H21N3O4S. The van der Waals surface area contributed by atoms with E-state index in [1.807, 2.05) is 24.5 Å². The van der Waals surface area contributed by atoms with Crippen LogP contribution in [-0.2, 0) is 14.6 Å². The number of aromatic nitrogens is 3. The van der Waals surface area contributed by atoms with Gasteiger partial charge in [-0.2, -0.15) is 0 Å². The van der Waals surface area contributed by atoms with Gasteiger partial charge in [-0.1, -0.05) is 23.4 Å². The third-order valence-electron chi connectivity index (χ3n) is 5.60. The standard InChI is InChI=1S/C22H21N3O4S/c1-14-21(15(2)29-24-14)16-10-19-20(30(26,27)18-6-4-3-5-7-18)12-25(22(19)23-11-16)17-8-9-28-13-17/h3-7,10-12,17H,8-9,13H2,1-2H3. The van der Waals surface area contributed by atoms with E-state index in [9.17, 15) is 8.42 Å². The van der Waals surface area contributed by atoms with Gasteiger partial charge in [-0.25, -0.2) is 13.4 Å². The summed E-state index contributed by atoms with van der Waals surface area (Å²) in [5.41, 5.74) is 2.99. The van der Waals surface area contributed by atoms with Gasteiger partial charge in [0.15, 0.2) is 0 Å². The van der Waals surface area contributed by atoms with Gasteiger partial charge in [0, 0.05) is 35.5 Å².